The second-order valence-electron chi connectivity index (χ2n) is 11.0. The van der Waals surface area contributed by atoms with Crippen LogP contribution in [0.1, 0.15) is 54.9 Å². The molecule has 0 radical (unpaired) electrons. The van der Waals surface area contributed by atoms with Crippen LogP contribution >= 0.6 is 34.4 Å². The molecule has 5 aromatic rings. The molecule has 3 aromatic carbocycles. The summed E-state index contributed by atoms with van der Waals surface area (Å²) in [6.07, 6.45) is 2.04. The molecule has 10 nitrogen and oxygen atoms in total. The van der Waals surface area contributed by atoms with Crippen molar-refractivity contribution in [2.75, 3.05) is 23.1 Å². The average Bonchev–Trinajstić information content (AvgIpc) is 3.78. The van der Waals surface area contributed by atoms with Gasteiger partial charge in [-0.3, -0.25) is 19.2 Å². The van der Waals surface area contributed by atoms with Crippen LogP contribution in [0.5, 0.6) is 0 Å². The van der Waals surface area contributed by atoms with Crippen LogP contribution in [0.3, 0.4) is 0 Å². The molecule has 4 N–H and O–H groups in total. The number of thioether (sulfide) groups is 1. The van der Waals surface area contributed by atoms with Crippen molar-refractivity contribution < 1.29 is 28.7 Å². The van der Waals surface area contributed by atoms with E-state index in [0.29, 0.717) is 33.8 Å². The van der Waals surface area contributed by atoms with Crippen molar-refractivity contribution in [2.24, 2.45) is 0 Å². The molecule has 13 heteroatoms. The Kier molecular flexibility index (Phi) is 12.6. The third-order valence-electron chi connectivity index (χ3n) is 7.43. The van der Waals surface area contributed by atoms with Gasteiger partial charge in [-0.1, -0.05) is 49.4 Å². The number of benzene rings is 3. The molecule has 0 saturated carbocycles. The highest BCUT2D eigenvalue weighted by Crippen LogP contribution is 2.36. The van der Waals surface area contributed by atoms with Gasteiger partial charge in [0, 0.05) is 21.8 Å². The monoisotopic (exact) mass is 738 g/mol. The summed E-state index contributed by atoms with van der Waals surface area (Å²) in [5.41, 5.74) is 2.80. The van der Waals surface area contributed by atoms with E-state index in [0.717, 1.165) is 16.9 Å². The number of para-hydroxylation sites is 1. The zero-order valence-corrected chi connectivity index (χ0v) is 30.3. The Hall–Kier alpha value is -5.50. The minimum absolute atomic E-state index is 0.0654. The zero-order valence-electron chi connectivity index (χ0n) is 27.9. The van der Waals surface area contributed by atoms with Crippen LogP contribution in [0.25, 0.3) is 6.08 Å². The van der Waals surface area contributed by atoms with Crippen molar-refractivity contribution in [2.45, 2.75) is 30.4 Å². The highest BCUT2D eigenvalue weighted by Gasteiger charge is 2.28. The lowest BCUT2D eigenvalue weighted by Crippen LogP contribution is -2.30. The van der Waals surface area contributed by atoms with Gasteiger partial charge in [0.05, 0.1) is 22.8 Å². The summed E-state index contributed by atoms with van der Waals surface area (Å²) in [5.74, 6) is -2.40. The first-order valence-corrected chi connectivity index (χ1v) is 18.4. The van der Waals surface area contributed by atoms with Crippen molar-refractivity contribution in [3.8, 4) is 0 Å². The van der Waals surface area contributed by atoms with Gasteiger partial charge < -0.3 is 26.0 Å². The molecule has 260 valence electrons. The van der Waals surface area contributed by atoms with Crippen molar-refractivity contribution in [1.29, 1.82) is 0 Å². The number of hydrogen-bond donors (Lipinski definition) is 4. The maximum atomic E-state index is 13.6. The lowest BCUT2D eigenvalue weighted by molar-refractivity contribution is -0.116. The molecule has 0 spiro atoms. The number of carbonyl (C=O) groups is 5. The molecular weight excluding hydrogens is 705 g/mol. The molecule has 0 saturated heterocycles. The van der Waals surface area contributed by atoms with Crippen LogP contribution in [0.2, 0.25) is 0 Å². The van der Waals surface area contributed by atoms with Crippen molar-refractivity contribution in [3.05, 3.63) is 135 Å². The fourth-order valence-corrected chi connectivity index (χ4v) is 7.59. The molecule has 2 heterocycles. The van der Waals surface area contributed by atoms with Gasteiger partial charge >= 0.3 is 5.97 Å². The van der Waals surface area contributed by atoms with Crippen molar-refractivity contribution in [1.82, 2.24) is 5.32 Å². The van der Waals surface area contributed by atoms with Gasteiger partial charge in [-0.05, 0) is 89.8 Å². The van der Waals surface area contributed by atoms with Gasteiger partial charge in [0.1, 0.15) is 10.7 Å². The quantitative estimate of drug-likeness (QED) is 0.0544. The second kappa shape index (κ2) is 17.4. The van der Waals surface area contributed by atoms with Gasteiger partial charge in [-0.2, -0.15) is 11.3 Å². The number of amides is 4. The van der Waals surface area contributed by atoms with Crippen LogP contribution < -0.4 is 21.3 Å². The first kappa shape index (κ1) is 36.8. The van der Waals surface area contributed by atoms with Crippen molar-refractivity contribution in [3.63, 3.8) is 0 Å². The number of thiophene rings is 2. The number of hydrogen-bond acceptors (Lipinski definition) is 9. The predicted molar refractivity (Wildman–Crippen MR) is 205 cm³/mol. The fraction of sp³-hybridized carbons (Fsp3) is 0.132. The van der Waals surface area contributed by atoms with E-state index < -0.39 is 28.9 Å². The molecule has 2 aromatic heterocycles. The lowest BCUT2D eigenvalue weighted by Gasteiger charge is -2.16. The van der Waals surface area contributed by atoms with E-state index in [2.05, 4.69) is 21.3 Å². The Morgan fingerprint density at radius 2 is 1.55 bits per heavy atom. The Bertz CT molecular complexity index is 2060. The Balaban J connectivity index is 1.30. The van der Waals surface area contributed by atoms with E-state index in [1.54, 1.807) is 85.8 Å². The molecule has 0 aliphatic carbocycles. The molecule has 0 fully saturated rings. The van der Waals surface area contributed by atoms with E-state index in [1.165, 1.54) is 30.2 Å². The number of methoxy groups -OCH3 is 1. The summed E-state index contributed by atoms with van der Waals surface area (Å²) in [5, 5.41) is 14.6. The van der Waals surface area contributed by atoms with E-state index in [9.17, 15) is 24.0 Å². The van der Waals surface area contributed by atoms with Crippen molar-refractivity contribution >= 4 is 86.5 Å². The molecule has 0 bridgehead atoms. The molecule has 1 atom stereocenters. The van der Waals surface area contributed by atoms with E-state index in [4.69, 9.17) is 4.74 Å². The highest BCUT2D eigenvalue weighted by molar-refractivity contribution is 8.00. The number of nitrogens with one attached hydrogen (secondary N) is 4. The number of esters is 1. The summed E-state index contributed by atoms with van der Waals surface area (Å²) in [6.45, 7) is 3.50. The predicted octanol–water partition coefficient (Wildman–Crippen LogP) is 8.08. The van der Waals surface area contributed by atoms with Gasteiger partial charge in [0.15, 0.2) is 0 Å². The molecule has 4 amide bonds. The summed E-state index contributed by atoms with van der Waals surface area (Å²) < 4.78 is 4.99. The molecule has 0 aliphatic rings. The summed E-state index contributed by atoms with van der Waals surface area (Å²) in [4.78, 5) is 66.9. The van der Waals surface area contributed by atoms with Gasteiger partial charge in [0.2, 0.25) is 5.91 Å². The van der Waals surface area contributed by atoms with E-state index in [-0.39, 0.29) is 27.0 Å². The highest BCUT2D eigenvalue weighted by atomic mass is 32.2. The summed E-state index contributed by atoms with van der Waals surface area (Å²) in [7, 11) is 1.24. The maximum absolute atomic E-state index is 13.6. The van der Waals surface area contributed by atoms with Crippen LogP contribution in [-0.2, 0) is 14.3 Å². The van der Waals surface area contributed by atoms with Crippen LogP contribution in [0, 0.1) is 6.92 Å². The van der Waals surface area contributed by atoms with Crippen LogP contribution in [0.15, 0.2) is 112 Å². The molecule has 1 unspecified atom stereocenters. The minimum atomic E-state index is -0.672. The first-order valence-electron chi connectivity index (χ1n) is 15.7. The van der Waals surface area contributed by atoms with Gasteiger partial charge in [-0.25, -0.2) is 4.79 Å². The Labute approximate surface area is 307 Å². The molecular formula is C38H34N4O6S3. The topological polar surface area (TPSA) is 143 Å². The van der Waals surface area contributed by atoms with Crippen LogP contribution in [-0.4, -0.2) is 42.0 Å². The second-order valence-corrected chi connectivity index (χ2v) is 14.1. The number of carbonyl (C=O) groups excluding carboxylic acids is 5. The molecule has 0 aliphatic heterocycles. The lowest BCUT2D eigenvalue weighted by atomic mass is 10.1. The number of ether oxygens (including phenoxy) is 1. The van der Waals surface area contributed by atoms with E-state index in [1.807, 2.05) is 35.9 Å². The summed E-state index contributed by atoms with van der Waals surface area (Å²) >= 11 is 3.75. The SMILES string of the molecule is CCC(Sc1cccc(NC(=O)/C(=C/c2ccsc2)NC(=O)c2ccccc2)c1)C(=O)Nc1sc(C(=O)Nc2ccccc2)c(C)c1C(=O)OC. The summed E-state index contributed by atoms with van der Waals surface area (Å²) in [6, 6.07) is 26.4. The first-order chi connectivity index (χ1) is 24.7. The van der Waals surface area contributed by atoms with Crippen LogP contribution in [0.4, 0.5) is 16.4 Å². The van der Waals surface area contributed by atoms with E-state index >= 15 is 0 Å². The number of rotatable bonds is 13. The standard InChI is InChI=1S/C38H34N4O6S3/c1-4-30(35(45)42-37-31(38(47)48-3)23(2)32(51-37)36(46)39-26-14-9-6-10-15-26)50-28-17-11-16-27(21-28)40-34(44)29(20-24-18-19-49-22-24)41-33(43)25-12-7-5-8-13-25/h5-22,30H,4H2,1-3H3,(H,39,46)(H,40,44)(H,41,43)(H,42,45)/b29-20-. The number of anilines is 3. The Morgan fingerprint density at radius 3 is 2.22 bits per heavy atom. The third kappa shape index (κ3) is 9.60. The third-order valence-corrected chi connectivity index (χ3v) is 10.7. The molecule has 51 heavy (non-hydrogen) atoms. The average molecular weight is 739 g/mol. The minimum Gasteiger partial charge on any atom is -0.465 e. The maximum Gasteiger partial charge on any atom is 0.341 e. The Morgan fingerprint density at radius 1 is 0.843 bits per heavy atom. The van der Waals surface area contributed by atoms with Gasteiger partial charge in [0.25, 0.3) is 17.7 Å². The largest absolute Gasteiger partial charge is 0.465 e. The normalized spacial score (nSPS) is 11.6. The zero-order chi connectivity index (χ0) is 36.3. The fourth-order valence-electron chi connectivity index (χ4n) is 4.87. The molecule has 5 rings (SSSR count). The van der Waals surface area contributed by atoms with Gasteiger partial charge in [-0.15, -0.1) is 23.1 Å². The smallest absolute Gasteiger partial charge is 0.341 e.